The standard InChI is InChI=1S/C12H10F2N2O5/c1-2-20-9(17)5-7-3-4-8(6-15)10(16(18)19)11(7)21-12(13)14/h3-4,12H,2,5H2,1H3. The molecule has 0 bridgehead atoms. The van der Waals surface area contributed by atoms with Crippen molar-refractivity contribution in [2.75, 3.05) is 6.61 Å². The minimum absolute atomic E-state index is 0.0717. The molecule has 1 aromatic rings. The van der Waals surface area contributed by atoms with E-state index in [1.165, 1.54) is 6.07 Å². The van der Waals surface area contributed by atoms with Crippen molar-refractivity contribution in [2.24, 2.45) is 0 Å². The Labute approximate surface area is 117 Å². The summed E-state index contributed by atoms with van der Waals surface area (Å²) in [6.07, 6.45) is -0.484. The summed E-state index contributed by atoms with van der Waals surface area (Å²) in [7, 11) is 0. The molecule has 0 unspecified atom stereocenters. The van der Waals surface area contributed by atoms with Crippen LogP contribution in [0.4, 0.5) is 14.5 Å². The summed E-state index contributed by atoms with van der Waals surface area (Å²) < 4.78 is 33.6. The van der Waals surface area contributed by atoms with Crippen LogP contribution < -0.4 is 4.74 Å². The molecule has 0 atom stereocenters. The topological polar surface area (TPSA) is 102 Å². The first-order chi connectivity index (χ1) is 9.90. The number of nitro groups is 1. The van der Waals surface area contributed by atoms with Gasteiger partial charge in [0.2, 0.25) is 5.75 Å². The van der Waals surface area contributed by atoms with Crippen LogP contribution in [-0.2, 0) is 16.0 Å². The van der Waals surface area contributed by atoms with E-state index in [2.05, 4.69) is 9.47 Å². The summed E-state index contributed by atoms with van der Waals surface area (Å²) >= 11 is 0. The summed E-state index contributed by atoms with van der Waals surface area (Å²) in [6, 6.07) is 3.71. The van der Waals surface area contributed by atoms with Crippen molar-refractivity contribution in [3.63, 3.8) is 0 Å². The molecule has 21 heavy (non-hydrogen) atoms. The van der Waals surface area contributed by atoms with E-state index in [-0.39, 0.29) is 12.2 Å². The Hall–Kier alpha value is -2.76. The van der Waals surface area contributed by atoms with Gasteiger partial charge in [-0.1, -0.05) is 6.07 Å². The fraction of sp³-hybridized carbons (Fsp3) is 0.333. The van der Waals surface area contributed by atoms with Crippen molar-refractivity contribution < 1.29 is 28.0 Å². The highest BCUT2D eigenvalue weighted by atomic mass is 19.3. The fourth-order valence-corrected chi connectivity index (χ4v) is 1.61. The van der Waals surface area contributed by atoms with Crippen LogP contribution in [0.1, 0.15) is 18.1 Å². The Kier molecular flexibility index (Phi) is 5.54. The van der Waals surface area contributed by atoms with Crippen LogP contribution in [0.15, 0.2) is 12.1 Å². The van der Waals surface area contributed by atoms with Crippen molar-refractivity contribution in [3.05, 3.63) is 33.4 Å². The summed E-state index contributed by atoms with van der Waals surface area (Å²) in [5.74, 6) is -1.56. The van der Waals surface area contributed by atoms with Crippen molar-refractivity contribution in [1.29, 1.82) is 5.26 Å². The molecule has 112 valence electrons. The number of alkyl halides is 2. The smallest absolute Gasteiger partial charge is 0.387 e. The molecule has 1 aromatic carbocycles. The lowest BCUT2D eigenvalue weighted by Gasteiger charge is -2.11. The molecule has 0 spiro atoms. The third-order valence-electron chi connectivity index (χ3n) is 2.36. The Bertz CT molecular complexity index is 598. The molecule has 0 amide bonds. The molecule has 1 rings (SSSR count). The average Bonchev–Trinajstić information content (AvgIpc) is 2.39. The highest BCUT2D eigenvalue weighted by molar-refractivity contribution is 5.75. The van der Waals surface area contributed by atoms with E-state index < -0.39 is 40.9 Å². The van der Waals surface area contributed by atoms with Gasteiger partial charge in [0.25, 0.3) is 0 Å². The van der Waals surface area contributed by atoms with Crippen LogP contribution in [0.5, 0.6) is 5.75 Å². The SMILES string of the molecule is CCOC(=O)Cc1ccc(C#N)c([N+](=O)[O-])c1OC(F)F. The number of nitriles is 1. The molecule has 9 heteroatoms. The van der Waals surface area contributed by atoms with Gasteiger partial charge in [-0.2, -0.15) is 14.0 Å². The van der Waals surface area contributed by atoms with E-state index in [1.807, 2.05) is 0 Å². The predicted molar refractivity (Wildman–Crippen MR) is 64.8 cm³/mol. The number of carbonyl (C=O) groups excluding carboxylic acids is 1. The summed E-state index contributed by atoms with van der Waals surface area (Å²) in [6.45, 7) is -1.71. The Morgan fingerprint density at radius 3 is 2.67 bits per heavy atom. The van der Waals surface area contributed by atoms with E-state index in [4.69, 9.17) is 5.26 Å². The molecule has 0 radical (unpaired) electrons. The summed E-state index contributed by atoms with van der Waals surface area (Å²) in [5, 5.41) is 19.8. The Morgan fingerprint density at radius 1 is 1.52 bits per heavy atom. The number of hydrogen-bond donors (Lipinski definition) is 0. The number of benzene rings is 1. The van der Waals surface area contributed by atoms with Crippen LogP contribution in [0, 0.1) is 21.4 Å². The highest BCUT2D eigenvalue weighted by Crippen LogP contribution is 2.36. The van der Waals surface area contributed by atoms with Crippen molar-refractivity contribution in [3.8, 4) is 11.8 Å². The lowest BCUT2D eigenvalue weighted by Crippen LogP contribution is -2.12. The van der Waals surface area contributed by atoms with Crippen molar-refractivity contribution in [2.45, 2.75) is 20.0 Å². The first-order valence-corrected chi connectivity index (χ1v) is 5.71. The maximum Gasteiger partial charge on any atom is 0.387 e. The number of halogens is 2. The first kappa shape index (κ1) is 16.3. The zero-order chi connectivity index (χ0) is 16.0. The van der Waals surface area contributed by atoms with E-state index in [0.29, 0.717) is 0 Å². The lowest BCUT2D eigenvalue weighted by atomic mass is 10.1. The molecule has 0 heterocycles. The minimum atomic E-state index is -3.33. The number of rotatable bonds is 6. The van der Waals surface area contributed by atoms with Gasteiger partial charge in [-0.05, 0) is 13.0 Å². The largest absolute Gasteiger partial charge is 0.466 e. The third-order valence-corrected chi connectivity index (χ3v) is 2.36. The second-order valence-electron chi connectivity index (χ2n) is 3.68. The van der Waals surface area contributed by atoms with E-state index >= 15 is 0 Å². The molecule has 0 saturated heterocycles. The summed E-state index contributed by atoms with van der Waals surface area (Å²) in [4.78, 5) is 21.3. The number of esters is 1. The zero-order valence-electron chi connectivity index (χ0n) is 10.8. The number of hydrogen-bond acceptors (Lipinski definition) is 6. The normalized spacial score (nSPS) is 10.0. The molecule has 0 aliphatic rings. The fourth-order valence-electron chi connectivity index (χ4n) is 1.61. The zero-order valence-corrected chi connectivity index (χ0v) is 10.8. The quantitative estimate of drug-likeness (QED) is 0.453. The molecule has 0 aliphatic heterocycles. The van der Waals surface area contributed by atoms with Crippen LogP contribution in [0.25, 0.3) is 0 Å². The minimum Gasteiger partial charge on any atom is -0.466 e. The highest BCUT2D eigenvalue weighted by Gasteiger charge is 2.28. The molecule has 0 N–H and O–H groups in total. The number of carbonyl (C=O) groups is 1. The van der Waals surface area contributed by atoms with Gasteiger partial charge in [-0.15, -0.1) is 0 Å². The van der Waals surface area contributed by atoms with Crippen LogP contribution in [0.2, 0.25) is 0 Å². The van der Waals surface area contributed by atoms with Gasteiger partial charge < -0.3 is 9.47 Å². The van der Waals surface area contributed by atoms with E-state index in [1.54, 1.807) is 6.92 Å². The monoisotopic (exact) mass is 300 g/mol. The Morgan fingerprint density at radius 2 is 2.19 bits per heavy atom. The number of nitro benzene ring substituents is 1. The van der Waals surface area contributed by atoms with E-state index in [9.17, 15) is 23.7 Å². The second kappa shape index (κ2) is 7.14. The van der Waals surface area contributed by atoms with Crippen LogP contribution in [-0.4, -0.2) is 24.1 Å². The molecular weight excluding hydrogens is 290 g/mol. The third kappa shape index (κ3) is 4.10. The average molecular weight is 300 g/mol. The maximum absolute atomic E-state index is 12.4. The lowest BCUT2D eigenvalue weighted by molar-refractivity contribution is -0.386. The predicted octanol–water partition coefficient (Wildman–Crippen LogP) is 2.17. The van der Waals surface area contributed by atoms with Crippen LogP contribution in [0.3, 0.4) is 0 Å². The van der Waals surface area contributed by atoms with Gasteiger partial charge in [0.15, 0.2) is 0 Å². The summed E-state index contributed by atoms with van der Waals surface area (Å²) in [5.41, 5.74) is -1.50. The van der Waals surface area contributed by atoms with Gasteiger partial charge in [0, 0.05) is 5.56 Å². The van der Waals surface area contributed by atoms with Crippen molar-refractivity contribution >= 4 is 11.7 Å². The Balaban J connectivity index is 3.36. The van der Waals surface area contributed by atoms with E-state index in [0.717, 1.165) is 12.1 Å². The van der Waals surface area contributed by atoms with Gasteiger partial charge >= 0.3 is 18.3 Å². The molecule has 0 saturated carbocycles. The van der Waals surface area contributed by atoms with Crippen molar-refractivity contribution in [1.82, 2.24) is 0 Å². The van der Waals surface area contributed by atoms with Gasteiger partial charge in [-0.25, -0.2) is 0 Å². The number of nitrogens with zero attached hydrogens (tertiary/aromatic N) is 2. The van der Waals surface area contributed by atoms with Gasteiger partial charge in [0.05, 0.1) is 18.0 Å². The molecule has 0 fully saturated rings. The molecule has 0 aliphatic carbocycles. The maximum atomic E-state index is 12.4. The van der Waals surface area contributed by atoms with Gasteiger partial charge in [0.1, 0.15) is 11.6 Å². The molecule has 0 aromatic heterocycles. The number of ether oxygens (including phenoxy) is 2. The molecule has 7 nitrogen and oxygen atoms in total. The van der Waals surface area contributed by atoms with Gasteiger partial charge in [-0.3, -0.25) is 14.9 Å². The first-order valence-electron chi connectivity index (χ1n) is 5.71. The molecular formula is C12H10F2N2O5. The second-order valence-corrected chi connectivity index (χ2v) is 3.68. The van der Waals surface area contributed by atoms with Crippen LogP contribution >= 0.6 is 0 Å².